The third-order valence-corrected chi connectivity index (χ3v) is 4.34. The summed E-state index contributed by atoms with van der Waals surface area (Å²) in [5.41, 5.74) is 0. The summed E-state index contributed by atoms with van der Waals surface area (Å²) in [6.07, 6.45) is 7.53. The molecule has 1 aliphatic carbocycles. The van der Waals surface area contributed by atoms with Gasteiger partial charge in [0.2, 0.25) is 0 Å². The Morgan fingerprint density at radius 1 is 1.23 bits per heavy atom. The Kier molecular flexibility index (Phi) is 9.13. The highest BCUT2D eigenvalue weighted by Crippen LogP contribution is 2.25. The van der Waals surface area contributed by atoms with Crippen molar-refractivity contribution in [2.45, 2.75) is 77.3 Å². The van der Waals surface area contributed by atoms with E-state index in [4.69, 9.17) is 9.47 Å². The van der Waals surface area contributed by atoms with Crippen LogP contribution in [0.2, 0.25) is 0 Å². The lowest BCUT2D eigenvalue weighted by molar-refractivity contribution is -0.147. The molecule has 1 saturated carbocycles. The van der Waals surface area contributed by atoms with E-state index in [0.717, 1.165) is 38.5 Å². The topological polar surface area (TPSA) is 64.6 Å². The summed E-state index contributed by atoms with van der Waals surface area (Å²) in [6.45, 7) is 4.38. The van der Waals surface area contributed by atoms with Gasteiger partial charge in [-0.1, -0.05) is 19.3 Å². The first kappa shape index (κ1) is 18.9. The van der Waals surface area contributed by atoms with E-state index < -0.39 is 0 Å². The number of hydrogen-bond donors (Lipinski definition) is 1. The van der Waals surface area contributed by atoms with Crippen molar-refractivity contribution in [2.75, 3.05) is 13.7 Å². The number of esters is 2. The van der Waals surface area contributed by atoms with Gasteiger partial charge in [0, 0.05) is 18.5 Å². The minimum Gasteiger partial charge on any atom is -0.469 e. The van der Waals surface area contributed by atoms with Gasteiger partial charge in [0.25, 0.3) is 0 Å². The number of rotatable bonds is 8. The molecule has 0 aromatic rings. The largest absolute Gasteiger partial charge is 0.469 e. The molecular weight excluding hydrogens is 282 g/mol. The lowest BCUT2D eigenvalue weighted by Crippen LogP contribution is -2.44. The fourth-order valence-corrected chi connectivity index (χ4v) is 3.18. The van der Waals surface area contributed by atoms with Crippen LogP contribution in [-0.2, 0) is 19.1 Å². The first-order valence-corrected chi connectivity index (χ1v) is 8.58. The summed E-state index contributed by atoms with van der Waals surface area (Å²) >= 11 is 0. The molecule has 0 saturated heterocycles. The Bertz CT molecular complexity index is 346. The van der Waals surface area contributed by atoms with Crippen LogP contribution in [0.15, 0.2) is 0 Å². The van der Waals surface area contributed by atoms with E-state index in [1.165, 1.54) is 13.5 Å². The zero-order valence-electron chi connectivity index (χ0n) is 14.2. The minimum absolute atomic E-state index is 0.0417. The van der Waals surface area contributed by atoms with E-state index in [2.05, 4.69) is 12.2 Å². The van der Waals surface area contributed by atoms with Crippen molar-refractivity contribution in [1.29, 1.82) is 0 Å². The Hall–Kier alpha value is -1.10. The SMILES string of the molecule is CCOC(=O)CCC[C@H](C)N[C@@H]1CCCCC[C@@H]1C(=O)OC. The molecule has 0 unspecified atom stereocenters. The predicted octanol–water partition coefficient (Wildman–Crippen LogP) is 2.82. The van der Waals surface area contributed by atoms with Crippen LogP contribution in [0.1, 0.15) is 65.2 Å². The molecule has 0 bridgehead atoms. The van der Waals surface area contributed by atoms with Gasteiger partial charge < -0.3 is 14.8 Å². The third-order valence-electron chi connectivity index (χ3n) is 4.34. The average molecular weight is 313 g/mol. The average Bonchev–Trinajstić information content (AvgIpc) is 2.72. The van der Waals surface area contributed by atoms with Crippen LogP contribution in [0.4, 0.5) is 0 Å². The molecule has 1 aliphatic rings. The number of carbonyl (C=O) groups excluding carboxylic acids is 2. The molecule has 0 amide bonds. The standard InChI is InChI=1S/C17H31NO4/c1-4-22-16(19)12-8-9-13(2)18-15-11-7-5-6-10-14(15)17(20)21-3/h13-15,18H,4-12H2,1-3H3/t13-,14-,15+/m0/s1. The summed E-state index contributed by atoms with van der Waals surface area (Å²) in [5.74, 6) is -0.269. The Morgan fingerprint density at radius 2 is 1.95 bits per heavy atom. The van der Waals surface area contributed by atoms with Crippen LogP contribution >= 0.6 is 0 Å². The van der Waals surface area contributed by atoms with E-state index in [1.807, 2.05) is 6.92 Å². The highest BCUT2D eigenvalue weighted by molar-refractivity contribution is 5.73. The van der Waals surface area contributed by atoms with Gasteiger partial charge in [-0.05, 0) is 39.5 Å². The van der Waals surface area contributed by atoms with Gasteiger partial charge in [-0.15, -0.1) is 0 Å². The van der Waals surface area contributed by atoms with Crippen molar-refractivity contribution in [3.05, 3.63) is 0 Å². The molecule has 0 aliphatic heterocycles. The van der Waals surface area contributed by atoms with Crippen molar-refractivity contribution in [2.24, 2.45) is 5.92 Å². The van der Waals surface area contributed by atoms with Crippen LogP contribution in [0.25, 0.3) is 0 Å². The molecule has 22 heavy (non-hydrogen) atoms. The monoisotopic (exact) mass is 313 g/mol. The molecule has 1 rings (SSSR count). The second kappa shape index (κ2) is 10.6. The fraction of sp³-hybridized carbons (Fsp3) is 0.882. The molecule has 0 spiro atoms. The summed E-state index contributed by atoms with van der Waals surface area (Å²) in [5, 5.41) is 3.58. The van der Waals surface area contributed by atoms with Crippen LogP contribution in [0.3, 0.4) is 0 Å². The van der Waals surface area contributed by atoms with E-state index >= 15 is 0 Å². The Labute approximate surface area is 134 Å². The zero-order valence-corrected chi connectivity index (χ0v) is 14.2. The number of nitrogens with one attached hydrogen (secondary N) is 1. The van der Waals surface area contributed by atoms with Gasteiger partial charge in [-0.3, -0.25) is 9.59 Å². The molecule has 128 valence electrons. The van der Waals surface area contributed by atoms with Gasteiger partial charge in [0.15, 0.2) is 0 Å². The molecule has 0 aromatic carbocycles. The van der Waals surface area contributed by atoms with Crippen molar-refractivity contribution in [3.63, 3.8) is 0 Å². The Morgan fingerprint density at radius 3 is 2.64 bits per heavy atom. The highest BCUT2D eigenvalue weighted by atomic mass is 16.5. The molecule has 5 nitrogen and oxygen atoms in total. The van der Waals surface area contributed by atoms with Crippen molar-refractivity contribution >= 4 is 11.9 Å². The van der Waals surface area contributed by atoms with Gasteiger partial charge in [-0.2, -0.15) is 0 Å². The molecule has 1 fully saturated rings. The fourth-order valence-electron chi connectivity index (χ4n) is 3.18. The third kappa shape index (κ3) is 6.77. The summed E-state index contributed by atoms with van der Waals surface area (Å²) in [7, 11) is 1.47. The quantitative estimate of drug-likeness (QED) is 0.551. The number of ether oxygens (including phenoxy) is 2. The maximum Gasteiger partial charge on any atom is 0.310 e. The van der Waals surface area contributed by atoms with E-state index in [1.54, 1.807) is 0 Å². The Balaban J connectivity index is 2.40. The van der Waals surface area contributed by atoms with E-state index in [-0.39, 0.29) is 29.9 Å². The maximum atomic E-state index is 12.0. The van der Waals surface area contributed by atoms with E-state index in [9.17, 15) is 9.59 Å². The van der Waals surface area contributed by atoms with Crippen LogP contribution < -0.4 is 5.32 Å². The highest BCUT2D eigenvalue weighted by Gasteiger charge is 2.31. The van der Waals surface area contributed by atoms with E-state index in [0.29, 0.717) is 13.0 Å². The molecular formula is C17H31NO4. The van der Waals surface area contributed by atoms with Crippen LogP contribution in [0.5, 0.6) is 0 Å². The summed E-state index contributed by atoms with van der Waals surface area (Å²) in [4.78, 5) is 23.3. The molecule has 3 atom stereocenters. The van der Waals surface area contributed by atoms with Crippen molar-refractivity contribution in [3.8, 4) is 0 Å². The summed E-state index contributed by atoms with van der Waals surface area (Å²) < 4.78 is 9.89. The van der Waals surface area contributed by atoms with Gasteiger partial charge in [0.1, 0.15) is 0 Å². The first-order valence-electron chi connectivity index (χ1n) is 8.58. The molecule has 1 N–H and O–H groups in total. The van der Waals surface area contributed by atoms with Crippen LogP contribution in [0, 0.1) is 5.92 Å². The second-order valence-corrected chi connectivity index (χ2v) is 6.14. The molecule has 0 heterocycles. The second-order valence-electron chi connectivity index (χ2n) is 6.14. The number of hydrogen-bond acceptors (Lipinski definition) is 5. The molecule has 5 heteroatoms. The number of methoxy groups -OCH3 is 1. The van der Waals surface area contributed by atoms with Crippen LogP contribution in [-0.4, -0.2) is 37.7 Å². The predicted molar refractivity (Wildman–Crippen MR) is 85.5 cm³/mol. The zero-order chi connectivity index (χ0) is 16.4. The van der Waals surface area contributed by atoms with Crippen molar-refractivity contribution < 1.29 is 19.1 Å². The van der Waals surface area contributed by atoms with Gasteiger partial charge in [-0.25, -0.2) is 0 Å². The lowest BCUT2D eigenvalue weighted by atomic mass is 9.93. The smallest absolute Gasteiger partial charge is 0.310 e. The first-order chi connectivity index (χ1) is 10.6. The van der Waals surface area contributed by atoms with Gasteiger partial charge in [0.05, 0.1) is 19.6 Å². The minimum atomic E-state index is -0.128. The molecule has 0 radical (unpaired) electrons. The number of carbonyl (C=O) groups is 2. The summed E-state index contributed by atoms with van der Waals surface area (Å²) in [6, 6.07) is 0.470. The molecule has 0 aromatic heterocycles. The normalized spacial score (nSPS) is 23.4. The lowest BCUT2D eigenvalue weighted by Gasteiger charge is -2.27. The van der Waals surface area contributed by atoms with Crippen molar-refractivity contribution in [1.82, 2.24) is 5.32 Å². The van der Waals surface area contributed by atoms with Gasteiger partial charge >= 0.3 is 11.9 Å². The maximum absolute atomic E-state index is 12.0.